The molecule has 1 heterocycles. The van der Waals surface area contributed by atoms with Crippen molar-refractivity contribution in [3.63, 3.8) is 0 Å². The topological polar surface area (TPSA) is 37.1 Å². The summed E-state index contributed by atoms with van der Waals surface area (Å²) < 4.78 is 26.5. The zero-order valence-electron chi connectivity index (χ0n) is 11.3. The lowest BCUT2D eigenvalue weighted by Crippen LogP contribution is -2.15. The van der Waals surface area contributed by atoms with E-state index >= 15 is 0 Å². The molecule has 1 aromatic rings. The van der Waals surface area contributed by atoms with Crippen LogP contribution in [0, 0.1) is 6.92 Å². The molecule has 3 unspecified atom stereocenters. The highest BCUT2D eigenvalue weighted by Gasteiger charge is 2.51. The predicted molar refractivity (Wildman–Crippen MR) is 73.0 cm³/mol. The Morgan fingerprint density at radius 3 is 2.39 bits per heavy atom. The lowest BCUT2D eigenvalue weighted by Gasteiger charge is -2.06. The first-order chi connectivity index (χ1) is 8.48. The number of unbranched alkanes of at least 4 members (excludes halogenated alkanes) is 1. The first-order valence-electron chi connectivity index (χ1n) is 6.58. The van der Waals surface area contributed by atoms with Crippen LogP contribution in [0.15, 0.2) is 29.2 Å². The van der Waals surface area contributed by atoms with Crippen molar-refractivity contribution in [2.24, 2.45) is 0 Å². The lowest BCUT2D eigenvalue weighted by molar-refractivity contribution is 0.539. The third-order valence-corrected chi connectivity index (χ3v) is 5.67. The summed E-state index contributed by atoms with van der Waals surface area (Å²) in [5.41, 5.74) is 1.08. The van der Waals surface area contributed by atoms with Crippen LogP contribution in [0.5, 0.6) is 0 Å². The summed E-state index contributed by atoms with van der Waals surface area (Å²) in [4.78, 5) is 0.416. The first-order valence-corrected chi connectivity index (χ1v) is 8.02. The van der Waals surface area contributed by atoms with Crippen LogP contribution in [0.1, 0.15) is 38.7 Å². The molecule has 1 aliphatic rings. The van der Waals surface area contributed by atoms with Gasteiger partial charge in [-0.05, 0) is 32.4 Å². The van der Waals surface area contributed by atoms with Crippen LogP contribution < -0.4 is 0 Å². The van der Waals surface area contributed by atoms with E-state index in [-0.39, 0.29) is 12.1 Å². The molecule has 0 aliphatic carbocycles. The van der Waals surface area contributed by atoms with E-state index in [1.165, 1.54) is 0 Å². The van der Waals surface area contributed by atoms with Gasteiger partial charge in [-0.3, -0.25) is 0 Å². The largest absolute Gasteiger partial charge is 0.243 e. The Morgan fingerprint density at radius 1 is 1.22 bits per heavy atom. The molecule has 18 heavy (non-hydrogen) atoms. The fourth-order valence-corrected chi connectivity index (χ4v) is 4.28. The van der Waals surface area contributed by atoms with Gasteiger partial charge in [0.05, 0.1) is 4.90 Å². The molecule has 0 spiro atoms. The van der Waals surface area contributed by atoms with Gasteiger partial charge >= 0.3 is 0 Å². The Balaban J connectivity index is 2.15. The molecule has 3 atom stereocenters. The SMILES string of the molecule is CCCCC1C(C)N1S(=O)(=O)c1ccc(C)cc1. The number of sulfonamides is 1. The summed E-state index contributed by atoms with van der Waals surface area (Å²) in [5.74, 6) is 0. The van der Waals surface area contributed by atoms with Crippen LogP contribution in [0.25, 0.3) is 0 Å². The van der Waals surface area contributed by atoms with Crippen molar-refractivity contribution in [1.29, 1.82) is 0 Å². The van der Waals surface area contributed by atoms with Crippen molar-refractivity contribution < 1.29 is 8.42 Å². The summed E-state index contributed by atoms with van der Waals surface area (Å²) in [6.07, 6.45) is 3.18. The molecule has 0 bridgehead atoms. The molecule has 100 valence electrons. The quantitative estimate of drug-likeness (QED) is 0.769. The molecule has 0 radical (unpaired) electrons. The van der Waals surface area contributed by atoms with E-state index in [4.69, 9.17) is 0 Å². The van der Waals surface area contributed by atoms with Crippen molar-refractivity contribution in [3.8, 4) is 0 Å². The minimum absolute atomic E-state index is 0.155. The first kappa shape index (κ1) is 13.6. The third-order valence-electron chi connectivity index (χ3n) is 3.65. The van der Waals surface area contributed by atoms with Gasteiger partial charge in [-0.15, -0.1) is 0 Å². The molecule has 0 amide bonds. The van der Waals surface area contributed by atoms with E-state index in [1.54, 1.807) is 16.4 Å². The van der Waals surface area contributed by atoms with Crippen LogP contribution >= 0.6 is 0 Å². The molecule has 0 N–H and O–H groups in total. The van der Waals surface area contributed by atoms with E-state index in [9.17, 15) is 8.42 Å². The maximum Gasteiger partial charge on any atom is 0.243 e. The van der Waals surface area contributed by atoms with Crippen LogP contribution in [-0.2, 0) is 10.0 Å². The van der Waals surface area contributed by atoms with Crippen LogP contribution in [0.3, 0.4) is 0 Å². The van der Waals surface area contributed by atoms with E-state index < -0.39 is 10.0 Å². The smallest absolute Gasteiger partial charge is 0.207 e. The number of rotatable bonds is 5. The van der Waals surface area contributed by atoms with Crippen LogP contribution in [-0.4, -0.2) is 24.8 Å². The van der Waals surface area contributed by atoms with Gasteiger partial charge in [0.2, 0.25) is 10.0 Å². The zero-order valence-corrected chi connectivity index (χ0v) is 12.1. The maximum absolute atomic E-state index is 12.4. The summed E-state index contributed by atoms with van der Waals surface area (Å²) in [6.45, 7) is 6.08. The van der Waals surface area contributed by atoms with Gasteiger partial charge in [-0.1, -0.05) is 37.5 Å². The number of hydrogen-bond donors (Lipinski definition) is 0. The fourth-order valence-electron chi connectivity index (χ4n) is 2.39. The van der Waals surface area contributed by atoms with Gasteiger partial charge in [0.15, 0.2) is 0 Å². The second kappa shape index (κ2) is 5.02. The molecule has 0 aromatic heterocycles. The van der Waals surface area contributed by atoms with Gasteiger partial charge in [-0.2, -0.15) is 4.31 Å². The van der Waals surface area contributed by atoms with E-state index in [0.29, 0.717) is 4.90 Å². The highest BCUT2D eigenvalue weighted by molar-refractivity contribution is 7.89. The summed E-state index contributed by atoms with van der Waals surface area (Å²) in [5, 5.41) is 0. The third kappa shape index (κ3) is 2.45. The molecule has 3 nitrogen and oxygen atoms in total. The highest BCUT2D eigenvalue weighted by Crippen LogP contribution is 2.38. The molecular weight excluding hydrogens is 246 g/mol. The van der Waals surface area contributed by atoms with E-state index in [0.717, 1.165) is 24.8 Å². The second-order valence-electron chi connectivity index (χ2n) is 5.10. The molecule has 1 fully saturated rings. The second-order valence-corrected chi connectivity index (χ2v) is 6.94. The van der Waals surface area contributed by atoms with E-state index in [1.807, 2.05) is 26.0 Å². The minimum Gasteiger partial charge on any atom is -0.207 e. The fraction of sp³-hybridized carbons (Fsp3) is 0.571. The maximum atomic E-state index is 12.4. The summed E-state index contributed by atoms with van der Waals surface area (Å²) in [6, 6.07) is 7.46. The summed E-state index contributed by atoms with van der Waals surface area (Å²) in [7, 11) is -3.28. The molecule has 0 saturated carbocycles. The zero-order chi connectivity index (χ0) is 13.3. The average molecular weight is 267 g/mol. The molecule has 1 aromatic carbocycles. The van der Waals surface area contributed by atoms with Gasteiger partial charge in [0.25, 0.3) is 0 Å². The highest BCUT2D eigenvalue weighted by atomic mass is 32.2. The summed E-state index contributed by atoms with van der Waals surface area (Å²) >= 11 is 0. The van der Waals surface area contributed by atoms with Crippen molar-refractivity contribution in [1.82, 2.24) is 4.31 Å². The average Bonchev–Trinajstić information content (AvgIpc) is 2.98. The monoisotopic (exact) mass is 267 g/mol. The van der Waals surface area contributed by atoms with Gasteiger partial charge in [0.1, 0.15) is 0 Å². The van der Waals surface area contributed by atoms with Crippen molar-refractivity contribution in [3.05, 3.63) is 29.8 Å². The van der Waals surface area contributed by atoms with Crippen molar-refractivity contribution >= 4 is 10.0 Å². The molecule has 2 rings (SSSR count). The Morgan fingerprint density at radius 2 is 1.83 bits per heavy atom. The lowest BCUT2D eigenvalue weighted by atomic mass is 10.2. The van der Waals surface area contributed by atoms with Crippen LogP contribution in [0.4, 0.5) is 0 Å². The van der Waals surface area contributed by atoms with Gasteiger partial charge in [0, 0.05) is 12.1 Å². The Hall–Kier alpha value is -0.870. The van der Waals surface area contributed by atoms with E-state index in [2.05, 4.69) is 6.92 Å². The Bertz CT molecular complexity index is 507. The number of benzene rings is 1. The molecule has 4 heteroatoms. The molecule has 1 saturated heterocycles. The standard InChI is InChI=1S/C14H21NO2S/c1-4-5-6-14-12(3)15(14)18(16,17)13-9-7-11(2)8-10-13/h7-10,12,14H,4-6H2,1-3H3. The molecule has 1 aliphatic heterocycles. The number of aryl methyl sites for hydroxylation is 1. The minimum atomic E-state index is -3.28. The van der Waals surface area contributed by atoms with Crippen molar-refractivity contribution in [2.75, 3.05) is 0 Å². The number of hydrogen-bond acceptors (Lipinski definition) is 2. The van der Waals surface area contributed by atoms with Gasteiger partial charge in [-0.25, -0.2) is 8.42 Å². The van der Waals surface area contributed by atoms with Crippen molar-refractivity contribution in [2.45, 2.75) is 57.0 Å². The normalized spacial score (nSPS) is 27.2. The van der Waals surface area contributed by atoms with Gasteiger partial charge < -0.3 is 0 Å². The molecular formula is C14H21NO2S. The Labute approximate surface area is 110 Å². The number of nitrogens with zero attached hydrogens (tertiary/aromatic N) is 1. The van der Waals surface area contributed by atoms with Crippen LogP contribution in [0.2, 0.25) is 0 Å². The Kier molecular flexibility index (Phi) is 3.78. The predicted octanol–water partition coefficient (Wildman–Crippen LogP) is 2.95.